The van der Waals surface area contributed by atoms with Crippen LogP contribution in [0.3, 0.4) is 0 Å². The average Bonchev–Trinajstić information content (AvgIpc) is 2.41. The fourth-order valence-corrected chi connectivity index (χ4v) is 3.64. The Labute approximate surface area is 112 Å². The van der Waals surface area contributed by atoms with Crippen molar-refractivity contribution in [3.05, 3.63) is 35.4 Å². The summed E-state index contributed by atoms with van der Waals surface area (Å²) in [6.07, 6.45) is 1.64. The van der Waals surface area contributed by atoms with E-state index in [2.05, 4.69) is 5.16 Å². The third-order valence-electron chi connectivity index (χ3n) is 3.17. The van der Waals surface area contributed by atoms with Gasteiger partial charge in [-0.05, 0) is 18.4 Å². The molecule has 0 atom stereocenters. The fraction of sp³-hybridized carbons (Fsp3) is 0.417. The summed E-state index contributed by atoms with van der Waals surface area (Å²) in [5, 5.41) is 11.5. The van der Waals surface area contributed by atoms with Crippen LogP contribution >= 0.6 is 0 Å². The molecule has 1 fully saturated rings. The lowest BCUT2D eigenvalue weighted by molar-refractivity contribution is 0.318. The summed E-state index contributed by atoms with van der Waals surface area (Å²) in [5.74, 6) is 0.270. The SMILES string of the molecule is N/C(=N/O)c1ccc(CN2CCCCS2(=O)=O)cc1. The number of oxime groups is 1. The lowest BCUT2D eigenvalue weighted by Gasteiger charge is -2.26. The van der Waals surface area contributed by atoms with Gasteiger partial charge in [-0.25, -0.2) is 8.42 Å². The summed E-state index contributed by atoms with van der Waals surface area (Å²) in [5.41, 5.74) is 6.96. The van der Waals surface area contributed by atoms with Crippen LogP contribution < -0.4 is 5.73 Å². The van der Waals surface area contributed by atoms with Crippen LogP contribution in [0.4, 0.5) is 0 Å². The molecule has 2 rings (SSSR count). The molecule has 6 nitrogen and oxygen atoms in total. The summed E-state index contributed by atoms with van der Waals surface area (Å²) < 4.78 is 25.2. The molecule has 0 amide bonds. The van der Waals surface area contributed by atoms with Crippen molar-refractivity contribution in [2.75, 3.05) is 12.3 Å². The second-order valence-corrected chi connectivity index (χ2v) is 6.63. The highest BCUT2D eigenvalue weighted by molar-refractivity contribution is 7.89. The minimum absolute atomic E-state index is 0.0390. The van der Waals surface area contributed by atoms with Crippen LogP contribution in [-0.4, -0.2) is 36.1 Å². The van der Waals surface area contributed by atoms with E-state index in [-0.39, 0.29) is 11.6 Å². The number of nitrogens with zero attached hydrogens (tertiary/aromatic N) is 2. The zero-order chi connectivity index (χ0) is 13.9. The number of hydrogen-bond donors (Lipinski definition) is 2. The van der Waals surface area contributed by atoms with E-state index in [0.717, 1.165) is 18.4 Å². The predicted octanol–water partition coefficient (Wildman–Crippen LogP) is 0.707. The first-order chi connectivity index (χ1) is 9.03. The Morgan fingerprint density at radius 1 is 1.32 bits per heavy atom. The molecule has 0 bridgehead atoms. The molecule has 3 N–H and O–H groups in total. The minimum atomic E-state index is -3.11. The lowest BCUT2D eigenvalue weighted by atomic mass is 10.1. The summed E-state index contributed by atoms with van der Waals surface area (Å²) >= 11 is 0. The molecule has 1 saturated heterocycles. The minimum Gasteiger partial charge on any atom is -0.409 e. The Morgan fingerprint density at radius 3 is 2.58 bits per heavy atom. The van der Waals surface area contributed by atoms with Gasteiger partial charge in [0.25, 0.3) is 0 Å². The van der Waals surface area contributed by atoms with Crippen LogP contribution in [0.2, 0.25) is 0 Å². The highest BCUT2D eigenvalue weighted by Crippen LogP contribution is 2.17. The van der Waals surface area contributed by atoms with Crippen LogP contribution in [0.5, 0.6) is 0 Å². The van der Waals surface area contributed by atoms with E-state index < -0.39 is 10.0 Å². The second-order valence-electron chi connectivity index (χ2n) is 4.54. The molecule has 1 aromatic carbocycles. The maximum absolute atomic E-state index is 11.9. The molecule has 0 spiro atoms. The maximum atomic E-state index is 11.9. The zero-order valence-electron chi connectivity index (χ0n) is 10.5. The molecule has 0 saturated carbocycles. The van der Waals surface area contributed by atoms with Crippen LogP contribution in [0.1, 0.15) is 24.0 Å². The zero-order valence-corrected chi connectivity index (χ0v) is 11.3. The van der Waals surface area contributed by atoms with Gasteiger partial charge in [-0.2, -0.15) is 4.31 Å². The van der Waals surface area contributed by atoms with Gasteiger partial charge in [0.05, 0.1) is 5.75 Å². The maximum Gasteiger partial charge on any atom is 0.214 e. The Kier molecular flexibility index (Phi) is 4.06. The van der Waals surface area contributed by atoms with Gasteiger partial charge in [-0.1, -0.05) is 29.4 Å². The van der Waals surface area contributed by atoms with E-state index in [0.29, 0.717) is 18.7 Å². The first kappa shape index (κ1) is 13.8. The smallest absolute Gasteiger partial charge is 0.214 e. The van der Waals surface area contributed by atoms with Crippen LogP contribution in [0.15, 0.2) is 29.4 Å². The largest absolute Gasteiger partial charge is 0.409 e. The first-order valence-corrected chi connectivity index (χ1v) is 7.68. The summed E-state index contributed by atoms with van der Waals surface area (Å²) in [6.45, 7) is 0.948. The third-order valence-corrected chi connectivity index (χ3v) is 5.07. The van der Waals surface area contributed by atoms with Crippen molar-refractivity contribution in [1.29, 1.82) is 0 Å². The predicted molar refractivity (Wildman–Crippen MR) is 72.4 cm³/mol. The number of amidine groups is 1. The van der Waals surface area contributed by atoms with E-state index >= 15 is 0 Å². The monoisotopic (exact) mass is 283 g/mol. The highest BCUT2D eigenvalue weighted by Gasteiger charge is 2.25. The Morgan fingerprint density at radius 2 is 2.00 bits per heavy atom. The molecular formula is C12H17N3O3S. The van der Waals surface area contributed by atoms with Crippen LogP contribution in [0.25, 0.3) is 0 Å². The molecular weight excluding hydrogens is 266 g/mol. The molecule has 0 radical (unpaired) electrons. The van der Waals surface area contributed by atoms with Gasteiger partial charge in [0.15, 0.2) is 5.84 Å². The van der Waals surface area contributed by atoms with Crippen molar-refractivity contribution in [3.8, 4) is 0 Å². The van der Waals surface area contributed by atoms with Gasteiger partial charge >= 0.3 is 0 Å². The summed E-state index contributed by atoms with van der Waals surface area (Å²) in [6, 6.07) is 7.00. The second kappa shape index (κ2) is 5.58. The van der Waals surface area contributed by atoms with Gasteiger partial charge in [-0.3, -0.25) is 0 Å². The summed E-state index contributed by atoms with van der Waals surface area (Å²) in [7, 11) is -3.11. The fourth-order valence-electron chi connectivity index (χ4n) is 2.06. The molecule has 0 aliphatic carbocycles. The molecule has 0 aromatic heterocycles. The van der Waals surface area contributed by atoms with Crippen molar-refractivity contribution in [3.63, 3.8) is 0 Å². The number of nitrogens with two attached hydrogens (primary N) is 1. The van der Waals surface area contributed by atoms with Crippen LogP contribution in [-0.2, 0) is 16.6 Å². The molecule has 0 unspecified atom stereocenters. The van der Waals surface area contributed by atoms with Crippen molar-refractivity contribution >= 4 is 15.9 Å². The van der Waals surface area contributed by atoms with Gasteiger partial charge in [-0.15, -0.1) is 0 Å². The van der Waals surface area contributed by atoms with Crippen LogP contribution in [0, 0.1) is 0 Å². The molecule has 19 heavy (non-hydrogen) atoms. The van der Waals surface area contributed by atoms with E-state index in [4.69, 9.17) is 10.9 Å². The normalized spacial score (nSPS) is 20.3. The Balaban J connectivity index is 2.11. The number of hydrogen-bond acceptors (Lipinski definition) is 4. The van der Waals surface area contributed by atoms with Gasteiger partial charge in [0.1, 0.15) is 0 Å². The summed E-state index contributed by atoms with van der Waals surface area (Å²) in [4.78, 5) is 0. The lowest BCUT2D eigenvalue weighted by Crippen LogP contribution is -2.37. The highest BCUT2D eigenvalue weighted by atomic mass is 32.2. The molecule has 1 aliphatic rings. The molecule has 7 heteroatoms. The Hall–Kier alpha value is -1.60. The molecule has 1 heterocycles. The average molecular weight is 283 g/mol. The number of sulfonamides is 1. The van der Waals surface area contributed by atoms with Crippen molar-refractivity contribution in [2.24, 2.45) is 10.9 Å². The standard InChI is InChI=1S/C12H17N3O3S/c13-12(14-16)11-5-3-10(4-6-11)9-15-7-1-2-8-19(15,17)18/h3-6,16H,1-2,7-9H2,(H2,13,14). The molecule has 1 aromatic rings. The van der Waals surface area contributed by atoms with E-state index in [9.17, 15) is 8.42 Å². The van der Waals surface area contributed by atoms with Gasteiger partial charge in [0, 0.05) is 18.7 Å². The molecule has 1 aliphatic heterocycles. The Bertz CT molecular complexity index is 566. The molecule has 104 valence electrons. The quantitative estimate of drug-likeness (QED) is 0.369. The van der Waals surface area contributed by atoms with Crippen molar-refractivity contribution < 1.29 is 13.6 Å². The third kappa shape index (κ3) is 3.24. The first-order valence-electron chi connectivity index (χ1n) is 6.07. The van der Waals surface area contributed by atoms with E-state index in [1.165, 1.54) is 4.31 Å². The number of rotatable bonds is 3. The van der Waals surface area contributed by atoms with Gasteiger partial charge in [0.2, 0.25) is 10.0 Å². The van der Waals surface area contributed by atoms with E-state index in [1.54, 1.807) is 24.3 Å². The van der Waals surface area contributed by atoms with E-state index in [1.807, 2.05) is 0 Å². The van der Waals surface area contributed by atoms with Crippen molar-refractivity contribution in [2.45, 2.75) is 19.4 Å². The topological polar surface area (TPSA) is 96.0 Å². The van der Waals surface area contributed by atoms with Gasteiger partial charge < -0.3 is 10.9 Å². The van der Waals surface area contributed by atoms with Crippen molar-refractivity contribution in [1.82, 2.24) is 4.31 Å². The number of benzene rings is 1.